The minimum atomic E-state index is -0.459. The van der Waals surface area contributed by atoms with Crippen LogP contribution in [0.4, 0.5) is 5.69 Å². The highest BCUT2D eigenvalue weighted by Crippen LogP contribution is 2.31. The summed E-state index contributed by atoms with van der Waals surface area (Å²) in [5.74, 6) is 0.387. The average molecular weight is 491 g/mol. The van der Waals surface area contributed by atoms with E-state index in [1.54, 1.807) is 24.3 Å². The Morgan fingerprint density at radius 2 is 1.74 bits per heavy atom. The van der Waals surface area contributed by atoms with Gasteiger partial charge in [-0.2, -0.15) is 0 Å². The molecule has 4 rings (SSSR count). The molecule has 6 nitrogen and oxygen atoms in total. The SMILES string of the molecule is CC(=O)c1cccc(NC(=O)[C@H](C)Sc2nnc(-c3ccccc3Cl)n2Cc2ccccc2)c1. The van der Waals surface area contributed by atoms with Crippen molar-refractivity contribution in [1.29, 1.82) is 0 Å². The molecule has 4 aromatic rings. The molecule has 1 heterocycles. The van der Waals surface area contributed by atoms with Crippen molar-refractivity contribution in [3.05, 3.63) is 95.0 Å². The predicted molar refractivity (Wildman–Crippen MR) is 136 cm³/mol. The molecule has 0 aliphatic rings. The number of benzene rings is 3. The minimum Gasteiger partial charge on any atom is -0.325 e. The van der Waals surface area contributed by atoms with Crippen LogP contribution in [0.2, 0.25) is 5.02 Å². The molecular formula is C26H23ClN4O2S. The number of amides is 1. The molecule has 1 N–H and O–H groups in total. The maximum atomic E-state index is 12.9. The van der Waals surface area contributed by atoms with Crippen LogP contribution in [0.25, 0.3) is 11.4 Å². The Labute approximate surface area is 207 Å². The molecule has 172 valence electrons. The van der Waals surface area contributed by atoms with Crippen molar-refractivity contribution in [3.8, 4) is 11.4 Å². The maximum absolute atomic E-state index is 12.9. The largest absolute Gasteiger partial charge is 0.325 e. The van der Waals surface area contributed by atoms with E-state index in [2.05, 4.69) is 15.5 Å². The van der Waals surface area contributed by atoms with Crippen molar-refractivity contribution in [2.45, 2.75) is 30.8 Å². The first-order chi connectivity index (χ1) is 16.4. The number of aromatic nitrogens is 3. The van der Waals surface area contributed by atoms with Gasteiger partial charge in [-0.15, -0.1) is 10.2 Å². The third-order valence-electron chi connectivity index (χ3n) is 5.20. The molecule has 3 aromatic carbocycles. The maximum Gasteiger partial charge on any atom is 0.237 e. The van der Waals surface area contributed by atoms with Crippen LogP contribution < -0.4 is 5.32 Å². The fourth-order valence-corrected chi connectivity index (χ4v) is 4.47. The van der Waals surface area contributed by atoms with Crippen molar-refractivity contribution in [1.82, 2.24) is 14.8 Å². The van der Waals surface area contributed by atoms with E-state index in [-0.39, 0.29) is 11.7 Å². The van der Waals surface area contributed by atoms with Crippen LogP contribution in [0.5, 0.6) is 0 Å². The van der Waals surface area contributed by atoms with E-state index < -0.39 is 5.25 Å². The molecule has 0 saturated carbocycles. The average Bonchev–Trinajstić information content (AvgIpc) is 3.21. The molecular weight excluding hydrogens is 468 g/mol. The van der Waals surface area contributed by atoms with E-state index in [1.807, 2.05) is 66.1 Å². The highest BCUT2D eigenvalue weighted by Gasteiger charge is 2.22. The summed E-state index contributed by atoms with van der Waals surface area (Å²) in [5, 5.41) is 12.4. The third-order valence-corrected chi connectivity index (χ3v) is 6.61. The number of halogens is 1. The number of rotatable bonds is 8. The Balaban J connectivity index is 1.59. The van der Waals surface area contributed by atoms with E-state index in [0.717, 1.165) is 11.1 Å². The number of hydrogen-bond donors (Lipinski definition) is 1. The number of carbonyl (C=O) groups excluding carboxylic acids is 2. The van der Waals surface area contributed by atoms with Gasteiger partial charge in [-0.05, 0) is 43.7 Å². The lowest BCUT2D eigenvalue weighted by Gasteiger charge is -2.14. The molecule has 0 bridgehead atoms. The second kappa shape index (κ2) is 10.7. The minimum absolute atomic E-state index is 0.0559. The summed E-state index contributed by atoms with van der Waals surface area (Å²) < 4.78 is 1.97. The van der Waals surface area contributed by atoms with Gasteiger partial charge in [0, 0.05) is 16.8 Å². The van der Waals surface area contributed by atoms with Crippen molar-refractivity contribution in [2.24, 2.45) is 0 Å². The molecule has 0 fully saturated rings. The fraction of sp³-hybridized carbons (Fsp3) is 0.154. The van der Waals surface area contributed by atoms with Gasteiger partial charge in [-0.25, -0.2) is 0 Å². The lowest BCUT2D eigenvalue weighted by Crippen LogP contribution is -2.23. The molecule has 0 unspecified atom stereocenters. The summed E-state index contributed by atoms with van der Waals surface area (Å²) in [7, 11) is 0. The van der Waals surface area contributed by atoms with Gasteiger partial charge in [0.1, 0.15) is 0 Å². The van der Waals surface area contributed by atoms with Gasteiger partial charge in [-0.3, -0.25) is 14.2 Å². The molecule has 0 spiro atoms. The number of nitrogens with zero attached hydrogens (tertiary/aromatic N) is 3. The van der Waals surface area contributed by atoms with Gasteiger partial charge in [0.15, 0.2) is 16.8 Å². The number of Topliss-reactive ketones (excluding diaryl/α,β-unsaturated/α-hetero) is 1. The summed E-state index contributed by atoms with van der Waals surface area (Å²) in [6.07, 6.45) is 0. The molecule has 1 aromatic heterocycles. The van der Waals surface area contributed by atoms with Crippen LogP contribution in [0.15, 0.2) is 84.0 Å². The van der Waals surface area contributed by atoms with E-state index in [4.69, 9.17) is 11.6 Å². The van der Waals surface area contributed by atoms with Gasteiger partial charge in [-0.1, -0.05) is 78.0 Å². The summed E-state index contributed by atoms with van der Waals surface area (Å²) in [6.45, 7) is 3.84. The number of thioether (sulfide) groups is 1. The normalized spacial score (nSPS) is 11.7. The molecule has 1 atom stereocenters. The van der Waals surface area contributed by atoms with Crippen molar-refractivity contribution in [3.63, 3.8) is 0 Å². The molecule has 0 saturated heterocycles. The van der Waals surface area contributed by atoms with Crippen molar-refractivity contribution >= 4 is 40.7 Å². The summed E-state index contributed by atoms with van der Waals surface area (Å²) >= 11 is 7.76. The van der Waals surface area contributed by atoms with Crippen molar-refractivity contribution < 1.29 is 9.59 Å². The number of nitrogens with one attached hydrogen (secondary N) is 1. The fourth-order valence-electron chi connectivity index (χ4n) is 3.40. The number of hydrogen-bond acceptors (Lipinski definition) is 5. The van der Waals surface area contributed by atoms with E-state index in [9.17, 15) is 9.59 Å². The zero-order valence-electron chi connectivity index (χ0n) is 18.7. The summed E-state index contributed by atoms with van der Waals surface area (Å²) in [5.41, 5.74) is 2.98. The van der Waals surface area contributed by atoms with Crippen LogP contribution in [0.1, 0.15) is 29.8 Å². The summed E-state index contributed by atoms with van der Waals surface area (Å²) in [6, 6.07) is 24.4. The monoisotopic (exact) mass is 490 g/mol. The number of ketones is 1. The Kier molecular flexibility index (Phi) is 7.45. The zero-order chi connectivity index (χ0) is 24.1. The zero-order valence-corrected chi connectivity index (χ0v) is 20.3. The van der Waals surface area contributed by atoms with Gasteiger partial charge < -0.3 is 5.32 Å². The molecule has 34 heavy (non-hydrogen) atoms. The lowest BCUT2D eigenvalue weighted by molar-refractivity contribution is -0.115. The van der Waals surface area contributed by atoms with Gasteiger partial charge in [0.2, 0.25) is 5.91 Å². The van der Waals surface area contributed by atoms with Gasteiger partial charge in [0.25, 0.3) is 0 Å². The second-order valence-corrected chi connectivity index (χ2v) is 9.46. The Morgan fingerprint density at radius 1 is 1.00 bits per heavy atom. The highest BCUT2D eigenvalue weighted by molar-refractivity contribution is 8.00. The standard InChI is InChI=1S/C26H23ClN4O2S/c1-17(32)20-11-8-12-21(15-20)28-25(33)18(2)34-26-30-29-24(22-13-6-7-14-23(22)27)31(26)16-19-9-4-3-5-10-19/h3-15,18H,16H2,1-2H3,(H,28,33)/t18-/m0/s1. The van der Waals surface area contributed by atoms with Crippen molar-refractivity contribution in [2.75, 3.05) is 5.32 Å². The smallest absolute Gasteiger partial charge is 0.237 e. The van der Waals surface area contributed by atoms with E-state index in [0.29, 0.717) is 33.8 Å². The quantitative estimate of drug-likeness (QED) is 0.243. The first kappa shape index (κ1) is 23.7. The van der Waals surface area contributed by atoms with Crippen LogP contribution in [0, 0.1) is 0 Å². The molecule has 0 aliphatic carbocycles. The topological polar surface area (TPSA) is 76.9 Å². The summed E-state index contributed by atoms with van der Waals surface area (Å²) in [4.78, 5) is 24.5. The van der Waals surface area contributed by atoms with E-state index >= 15 is 0 Å². The Morgan fingerprint density at radius 3 is 2.47 bits per heavy atom. The molecule has 0 aliphatic heterocycles. The first-order valence-corrected chi connectivity index (χ1v) is 12.0. The predicted octanol–water partition coefficient (Wildman–Crippen LogP) is 5.97. The molecule has 1 amide bonds. The number of anilines is 1. The number of carbonyl (C=O) groups is 2. The third kappa shape index (κ3) is 5.55. The first-order valence-electron chi connectivity index (χ1n) is 10.7. The van der Waals surface area contributed by atoms with Crippen LogP contribution in [0.3, 0.4) is 0 Å². The van der Waals surface area contributed by atoms with Crippen LogP contribution >= 0.6 is 23.4 Å². The van der Waals surface area contributed by atoms with E-state index in [1.165, 1.54) is 18.7 Å². The lowest BCUT2D eigenvalue weighted by atomic mass is 10.1. The molecule has 8 heteroatoms. The Bertz CT molecular complexity index is 1320. The molecule has 0 radical (unpaired) electrons. The Hall–Kier alpha value is -3.42. The highest BCUT2D eigenvalue weighted by atomic mass is 35.5. The van der Waals surface area contributed by atoms with Gasteiger partial charge >= 0.3 is 0 Å². The van der Waals surface area contributed by atoms with Gasteiger partial charge in [0.05, 0.1) is 16.8 Å². The second-order valence-electron chi connectivity index (χ2n) is 7.74. The van der Waals surface area contributed by atoms with Crippen LogP contribution in [-0.2, 0) is 11.3 Å². The van der Waals surface area contributed by atoms with Crippen LogP contribution in [-0.4, -0.2) is 31.7 Å².